The quantitative estimate of drug-likeness (QED) is 0.213. The van der Waals surface area contributed by atoms with Gasteiger partial charge in [0.2, 0.25) is 0 Å². The van der Waals surface area contributed by atoms with Crippen LogP contribution < -0.4 is 4.74 Å². The maximum absolute atomic E-state index is 13.6. The molecule has 15 heteroatoms. The molecule has 1 saturated heterocycles. The summed E-state index contributed by atoms with van der Waals surface area (Å²) in [5.41, 5.74) is 0.542. The Hall–Kier alpha value is -4.26. The Morgan fingerprint density at radius 1 is 0.955 bits per heavy atom. The highest BCUT2D eigenvalue weighted by atomic mass is 16.8. The molecule has 1 aromatic carbocycles. The second-order valence-corrected chi connectivity index (χ2v) is 9.73. The molecule has 0 saturated carbocycles. The van der Waals surface area contributed by atoms with Gasteiger partial charge < -0.3 is 42.6 Å². The predicted octanol–water partition coefficient (Wildman–Crippen LogP) is 1.38. The summed E-state index contributed by atoms with van der Waals surface area (Å²) in [7, 11) is 2.54. The highest BCUT2D eigenvalue weighted by molar-refractivity contribution is 5.79. The van der Waals surface area contributed by atoms with Crippen LogP contribution in [-0.4, -0.2) is 93.6 Å². The van der Waals surface area contributed by atoms with Gasteiger partial charge in [-0.05, 0) is 17.7 Å². The van der Waals surface area contributed by atoms with Crippen LogP contribution in [0.5, 0.6) is 5.75 Å². The molecule has 0 unspecified atom stereocenters. The normalized spacial score (nSPS) is 24.0. The third-order valence-electron chi connectivity index (χ3n) is 6.49. The Morgan fingerprint density at radius 2 is 1.59 bits per heavy atom. The number of benzene rings is 1. The molecule has 15 nitrogen and oxygen atoms in total. The van der Waals surface area contributed by atoms with Gasteiger partial charge in [0.15, 0.2) is 18.3 Å². The zero-order chi connectivity index (χ0) is 33.0. The molecule has 1 aliphatic heterocycles. The summed E-state index contributed by atoms with van der Waals surface area (Å²) in [6.45, 7) is 4.48. The number of carbonyl (C=O) groups excluding carboxylic acids is 5. The van der Waals surface area contributed by atoms with Crippen LogP contribution >= 0.6 is 0 Å². The molecule has 1 aromatic rings. The Morgan fingerprint density at radius 3 is 2.09 bits per heavy atom. The van der Waals surface area contributed by atoms with Crippen LogP contribution in [0, 0.1) is 17.2 Å². The Bertz CT molecular complexity index is 1210. The van der Waals surface area contributed by atoms with Gasteiger partial charge in [0, 0.05) is 33.6 Å². The molecule has 7 atom stereocenters. The van der Waals surface area contributed by atoms with Gasteiger partial charge in [0.05, 0.1) is 26.9 Å². The molecule has 2 rings (SSSR count). The SMILES string of the molecule is COC(=O)[C@]1(OCc2ccc(OC)cc2)O[C@@H]([C@H](OC(C)=O)[C@@H](COC(C)=O)OC(C)=O)[C@H](C)[C@@H](OC(C)=O)[C@@H]1OCC#N. The fourth-order valence-electron chi connectivity index (χ4n) is 4.66. The zero-order valence-corrected chi connectivity index (χ0v) is 25.6. The van der Waals surface area contributed by atoms with Crippen molar-refractivity contribution in [2.75, 3.05) is 27.4 Å². The molecule has 242 valence electrons. The molecule has 1 fully saturated rings. The molecule has 0 aromatic heterocycles. The number of hydrogen-bond acceptors (Lipinski definition) is 15. The van der Waals surface area contributed by atoms with E-state index in [1.165, 1.54) is 14.0 Å². The van der Waals surface area contributed by atoms with Gasteiger partial charge in [0.1, 0.15) is 31.2 Å². The van der Waals surface area contributed by atoms with Crippen LogP contribution in [0.15, 0.2) is 24.3 Å². The summed E-state index contributed by atoms with van der Waals surface area (Å²) >= 11 is 0. The first-order chi connectivity index (χ1) is 20.8. The van der Waals surface area contributed by atoms with Crippen molar-refractivity contribution in [1.29, 1.82) is 5.26 Å². The van der Waals surface area contributed by atoms with E-state index >= 15 is 0 Å². The van der Waals surface area contributed by atoms with Crippen LogP contribution in [0.25, 0.3) is 0 Å². The molecule has 0 N–H and O–H groups in total. The van der Waals surface area contributed by atoms with E-state index in [1.54, 1.807) is 30.3 Å². The van der Waals surface area contributed by atoms with Crippen molar-refractivity contribution in [2.24, 2.45) is 5.92 Å². The highest BCUT2D eigenvalue weighted by Crippen LogP contribution is 2.42. The average molecular weight is 624 g/mol. The summed E-state index contributed by atoms with van der Waals surface area (Å²) in [6, 6.07) is 8.40. The molecular weight excluding hydrogens is 586 g/mol. The Balaban J connectivity index is 2.76. The minimum Gasteiger partial charge on any atom is -0.497 e. The van der Waals surface area contributed by atoms with Crippen molar-refractivity contribution >= 4 is 29.8 Å². The van der Waals surface area contributed by atoms with Crippen LogP contribution in [-0.2, 0) is 68.5 Å². The van der Waals surface area contributed by atoms with E-state index in [2.05, 4.69) is 0 Å². The smallest absolute Gasteiger partial charge is 0.369 e. The van der Waals surface area contributed by atoms with E-state index in [1.807, 2.05) is 0 Å². The van der Waals surface area contributed by atoms with Crippen LogP contribution in [0.2, 0.25) is 0 Å². The molecule has 44 heavy (non-hydrogen) atoms. The first-order valence-corrected chi connectivity index (χ1v) is 13.5. The maximum Gasteiger partial charge on any atom is 0.369 e. The standard InChI is InChI=1S/C29H37NO14/c1-16-24(26(43-20(5)34)23(41-18(3)32)15-39-17(2)31)44-29(28(35)37-7,27(38-13-12-30)25(16)42-19(4)33)40-14-21-8-10-22(36-6)11-9-21/h8-11,16,23-27H,13-15H2,1-7H3/t16-,23+,24+,25+,26+,27-,29+/m0/s1. The lowest BCUT2D eigenvalue weighted by molar-refractivity contribution is -0.363. The van der Waals surface area contributed by atoms with Crippen LogP contribution in [0.3, 0.4) is 0 Å². The molecule has 0 spiro atoms. The number of ether oxygens (including phenoxy) is 9. The van der Waals surface area contributed by atoms with Crippen LogP contribution in [0.1, 0.15) is 40.2 Å². The van der Waals surface area contributed by atoms with Gasteiger partial charge in [-0.25, -0.2) is 4.79 Å². The molecule has 0 aliphatic carbocycles. The summed E-state index contributed by atoms with van der Waals surface area (Å²) in [4.78, 5) is 61.9. The lowest BCUT2D eigenvalue weighted by Crippen LogP contribution is -2.70. The molecule has 1 aliphatic rings. The number of hydrogen-bond donors (Lipinski definition) is 0. The fraction of sp³-hybridized carbons (Fsp3) is 0.586. The number of esters is 5. The van der Waals surface area contributed by atoms with Crippen molar-refractivity contribution in [3.8, 4) is 11.8 Å². The largest absolute Gasteiger partial charge is 0.497 e. The van der Waals surface area contributed by atoms with Crippen molar-refractivity contribution in [3.63, 3.8) is 0 Å². The van der Waals surface area contributed by atoms with Crippen molar-refractivity contribution in [1.82, 2.24) is 0 Å². The predicted molar refractivity (Wildman–Crippen MR) is 145 cm³/mol. The van der Waals surface area contributed by atoms with Gasteiger partial charge in [-0.15, -0.1) is 0 Å². The molecular formula is C29H37NO14. The van der Waals surface area contributed by atoms with E-state index in [-0.39, 0.29) is 6.61 Å². The molecule has 0 radical (unpaired) electrons. The number of nitrogens with zero attached hydrogens (tertiary/aromatic N) is 1. The number of carbonyl (C=O) groups is 5. The summed E-state index contributed by atoms with van der Waals surface area (Å²) < 4.78 is 49.9. The number of nitriles is 1. The van der Waals surface area contributed by atoms with Crippen LogP contribution in [0.4, 0.5) is 0 Å². The Kier molecular flexibility index (Phi) is 13.5. The average Bonchev–Trinajstić information content (AvgIpc) is 2.97. The van der Waals surface area contributed by atoms with E-state index in [9.17, 15) is 29.2 Å². The van der Waals surface area contributed by atoms with Crippen molar-refractivity contribution in [3.05, 3.63) is 29.8 Å². The van der Waals surface area contributed by atoms with Gasteiger partial charge >= 0.3 is 35.6 Å². The zero-order valence-electron chi connectivity index (χ0n) is 25.6. The molecule has 0 bridgehead atoms. The molecule has 1 heterocycles. The summed E-state index contributed by atoms with van der Waals surface area (Å²) in [6.07, 6.45) is -7.39. The lowest BCUT2D eigenvalue weighted by atomic mass is 9.82. The Labute approximate surface area is 254 Å². The van der Waals surface area contributed by atoms with Gasteiger partial charge in [0.25, 0.3) is 0 Å². The molecule has 0 amide bonds. The van der Waals surface area contributed by atoms with E-state index < -0.39 is 85.3 Å². The second-order valence-electron chi connectivity index (χ2n) is 9.73. The minimum atomic E-state index is -2.54. The fourth-order valence-corrected chi connectivity index (χ4v) is 4.66. The lowest BCUT2D eigenvalue weighted by Gasteiger charge is -2.51. The first kappa shape index (κ1) is 35.9. The topological polar surface area (TPSA) is 192 Å². The highest BCUT2D eigenvalue weighted by Gasteiger charge is 2.64. The summed E-state index contributed by atoms with van der Waals surface area (Å²) in [5, 5.41) is 9.31. The monoisotopic (exact) mass is 623 g/mol. The third-order valence-corrected chi connectivity index (χ3v) is 6.49. The maximum atomic E-state index is 13.6. The minimum absolute atomic E-state index is 0.293. The first-order valence-electron chi connectivity index (χ1n) is 13.5. The van der Waals surface area contributed by atoms with Gasteiger partial charge in [-0.1, -0.05) is 19.1 Å². The number of methoxy groups -OCH3 is 2. The van der Waals surface area contributed by atoms with E-state index in [0.717, 1.165) is 34.8 Å². The van der Waals surface area contributed by atoms with Crippen molar-refractivity contribution in [2.45, 2.75) is 77.5 Å². The third kappa shape index (κ3) is 9.37. The van der Waals surface area contributed by atoms with Gasteiger partial charge in [-0.3, -0.25) is 19.2 Å². The van der Waals surface area contributed by atoms with Gasteiger partial charge in [-0.2, -0.15) is 5.26 Å². The van der Waals surface area contributed by atoms with E-state index in [0.29, 0.717) is 11.3 Å². The van der Waals surface area contributed by atoms with Crippen molar-refractivity contribution < 1.29 is 66.6 Å². The van der Waals surface area contributed by atoms with E-state index in [4.69, 9.17) is 42.6 Å². The summed E-state index contributed by atoms with van der Waals surface area (Å²) in [5.74, 6) is -7.29. The number of rotatable bonds is 14. The second kappa shape index (κ2) is 16.6.